The molecule has 6 atom stereocenters. The Morgan fingerprint density at radius 1 is 1.06 bits per heavy atom. The van der Waals surface area contributed by atoms with E-state index in [1.165, 1.54) is 12.1 Å². The van der Waals surface area contributed by atoms with E-state index in [0.29, 0.717) is 69.6 Å². The lowest BCUT2D eigenvalue weighted by Gasteiger charge is -2.36. The van der Waals surface area contributed by atoms with E-state index in [1.54, 1.807) is 32.9 Å². The molecule has 2 aliphatic heterocycles. The van der Waals surface area contributed by atoms with Crippen molar-refractivity contribution in [3.05, 3.63) is 65.8 Å². The van der Waals surface area contributed by atoms with Crippen LogP contribution in [-0.2, 0) is 25.7 Å². The molecule has 4 rings (SSSR count). The number of nitrogens with zero attached hydrogens (tertiary/aromatic N) is 6. The van der Waals surface area contributed by atoms with Gasteiger partial charge in [-0.15, -0.1) is 0 Å². The van der Waals surface area contributed by atoms with E-state index in [2.05, 4.69) is 14.9 Å². The maximum Gasteiger partial charge on any atom is 0.410 e. The van der Waals surface area contributed by atoms with E-state index in [1.807, 2.05) is 59.2 Å². The van der Waals surface area contributed by atoms with Gasteiger partial charge >= 0.3 is 6.09 Å². The highest BCUT2D eigenvalue weighted by Gasteiger charge is 2.31. The summed E-state index contributed by atoms with van der Waals surface area (Å²) in [5.41, 5.74) is 2.09. The van der Waals surface area contributed by atoms with E-state index < -0.39 is 30.0 Å². The first-order valence-electron chi connectivity index (χ1n) is 18.2. The Hall–Kier alpha value is -4.36. The molecule has 12 nitrogen and oxygen atoms in total. The lowest BCUT2D eigenvalue weighted by molar-refractivity contribution is -0.132. The Balaban J connectivity index is 1.42. The van der Waals surface area contributed by atoms with Gasteiger partial charge in [0, 0.05) is 75.7 Å². The van der Waals surface area contributed by atoms with Crippen LogP contribution in [0.1, 0.15) is 52.0 Å². The molecule has 1 N–H and O–H groups in total. The van der Waals surface area contributed by atoms with Crippen molar-refractivity contribution in [2.24, 2.45) is 17.8 Å². The second-order valence-electron chi connectivity index (χ2n) is 14.4. The summed E-state index contributed by atoms with van der Waals surface area (Å²) in [5.74, 6) is -1.35. The van der Waals surface area contributed by atoms with Crippen LogP contribution in [0.3, 0.4) is 0 Å². The van der Waals surface area contributed by atoms with Crippen molar-refractivity contribution in [3.63, 3.8) is 0 Å². The number of aliphatic hydroxyl groups is 1. The third-order valence-electron chi connectivity index (χ3n) is 10.3. The Bertz CT molecular complexity index is 1540. The fourth-order valence-corrected chi connectivity index (χ4v) is 6.83. The molecule has 0 spiro atoms. The van der Waals surface area contributed by atoms with Crippen molar-refractivity contribution in [1.29, 1.82) is 0 Å². The SMILES string of the molecule is C/C(=C\c1cc(F)cc(N2CCN(C(=O)Cn3cccn3)CC2)c1)[C@@H](C=O)[C@@H](C)/C=C/[C@H](OC(=O)N1CC[C@H](N(C)C)C1)[C@@H](C)CC[C@@H](O)CC=O. The molecule has 0 unspecified atom stereocenters. The number of benzene rings is 1. The minimum atomic E-state index is -0.763. The van der Waals surface area contributed by atoms with E-state index in [4.69, 9.17) is 4.74 Å². The van der Waals surface area contributed by atoms with Crippen molar-refractivity contribution in [3.8, 4) is 0 Å². The summed E-state index contributed by atoms with van der Waals surface area (Å²) >= 11 is 0. The zero-order chi connectivity index (χ0) is 37.8. The molecule has 2 aliphatic rings. The Morgan fingerprint density at radius 3 is 2.44 bits per heavy atom. The molecule has 284 valence electrons. The second-order valence-corrected chi connectivity index (χ2v) is 14.4. The third kappa shape index (κ3) is 11.6. The maximum absolute atomic E-state index is 14.9. The van der Waals surface area contributed by atoms with Gasteiger partial charge in [0.2, 0.25) is 5.91 Å². The molecule has 0 bridgehead atoms. The molecule has 0 radical (unpaired) electrons. The lowest BCUT2D eigenvalue weighted by atomic mass is 9.86. The molecule has 0 aliphatic carbocycles. The predicted octanol–water partition coefficient (Wildman–Crippen LogP) is 4.29. The van der Waals surface area contributed by atoms with Crippen LogP contribution in [0.15, 0.2) is 54.4 Å². The first kappa shape index (κ1) is 40.4. The number of allylic oxidation sites excluding steroid dienone is 2. The largest absolute Gasteiger partial charge is 0.442 e. The van der Waals surface area contributed by atoms with Gasteiger partial charge in [-0.1, -0.05) is 31.6 Å². The van der Waals surface area contributed by atoms with Crippen LogP contribution in [0.2, 0.25) is 0 Å². The number of aliphatic hydroxyl groups excluding tert-OH is 1. The van der Waals surface area contributed by atoms with E-state index >= 15 is 0 Å². The first-order valence-corrected chi connectivity index (χ1v) is 18.2. The van der Waals surface area contributed by atoms with Crippen LogP contribution in [-0.4, -0.2) is 126 Å². The van der Waals surface area contributed by atoms with Gasteiger partial charge in [-0.25, -0.2) is 9.18 Å². The topological polar surface area (TPSA) is 129 Å². The quantitative estimate of drug-likeness (QED) is 0.188. The number of piperazine rings is 1. The number of amides is 2. The number of hydrogen-bond donors (Lipinski definition) is 1. The maximum atomic E-state index is 14.9. The summed E-state index contributed by atoms with van der Waals surface area (Å²) in [6.45, 7) is 9.21. The van der Waals surface area contributed by atoms with Crippen molar-refractivity contribution in [2.45, 2.75) is 71.2 Å². The van der Waals surface area contributed by atoms with Crippen LogP contribution in [0.5, 0.6) is 0 Å². The number of carbonyl (C=O) groups excluding carboxylic acids is 4. The van der Waals surface area contributed by atoms with Gasteiger partial charge in [0.05, 0.1) is 6.10 Å². The van der Waals surface area contributed by atoms with Gasteiger partial charge in [-0.3, -0.25) is 9.48 Å². The highest BCUT2D eigenvalue weighted by atomic mass is 19.1. The van der Waals surface area contributed by atoms with Gasteiger partial charge in [0.1, 0.15) is 31.0 Å². The number of aromatic nitrogens is 2. The summed E-state index contributed by atoms with van der Waals surface area (Å²) in [5, 5.41) is 14.2. The minimum Gasteiger partial charge on any atom is -0.442 e. The molecular formula is C39H55FN6O6. The average Bonchev–Trinajstić information content (AvgIpc) is 3.82. The molecule has 52 heavy (non-hydrogen) atoms. The smallest absolute Gasteiger partial charge is 0.410 e. The van der Waals surface area contributed by atoms with Crippen molar-refractivity contribution >= 4 is 36.3 Å². The summed E-state index contributed by atoms with van der Waals surface area (Å²) in [7, 11) is 3.98. The fourth-order valence-electron chi connectivity index (χ4n) is 6.83. The molecule has 3 heterocycles. The van der Waals surface area contributed by atoms with E-state index in [-0.39, 0.29) is 36.8 Å². The average molecular weight is 723 g/mol. The molecule has 1 aromatic carbocycles. The van der Waals surface area contributed by atoms with Crippen LogP contribution in [0.25, 0.3) is 6.08 Å². The van der Waals surface area contributed by atoms with Gasteiger partial charge in [0.25, 0.3) is 0 Å². The normalized spacial score (nSPS) is 19.8. The molecule has 13 heteroatoms. The fraction of sp³-hybridized carbons (Fsp3) is 0.564. The van der Waals surface area contributed by atoms with Crippen molar-refractivity contribution in [1.82, 2.24) is 24.5 Å². The van der Waals surface area contributed by atoms with Crippen LogP contribution < -0.4 is 4.90 Å². The second kappa shape index (κ2) is 19.5. The van der Waals surface area contributed by atoms with Gasteiger partial charge in [0.15, 0.2) is 0 Å². The number of anilines is 1. The highest BCUT2D eigenvalue weighted by molar-refractivity contribution is 5.76. The summed E-state index contributed by atoms with van der Waals surface area (Å²) in [6, 6.07) is 6.86. The first-order chi connectivity index (χ1) is 24.9. The Kier molecular flexibility index (Phi) is 15.1. The molecular weight excluding hydrogens is 667 g/mol. The number of likely N-dealkylation sites (N-methyl/N-ethyl adjacent to an activating group) is 1. The summed E-state index contributed by atoms with van der Waals surface area (Å²) in [6.07, 6.45) is 10.5. The van der Waals surface area contributed by atoms with E-state index in [0.717, 1.165) is 18.3 Å². The van der Waals surface area contributed by atoms with Gasteiger partial charge in [-0.2, -0.15) is 5.10 Å². The van der Waals surface area contributed by atoms with Crippen LogP contribution in [0.4, 0.5) is 14.9 Å². The zero-order valence-electron chi connectivity index (χ0n) is 31.1. The van der Waals surface area contributed by atoms with Crippen molar-refractivity contribution < 1.29 is 33.4 Å². The number of ether oxygens (including phenoxy) is 1. The van der Waals surface area contributed by atoms with Gasteiger partial charge < -0.3 is 39.0 Å². The molecule has 2 saturated heterocycles. The monoisotopic (exact) mass is 722 g/mol. The zero-order valence-corrected chi connectivity index (χ0v) is 31.1. The molecule has 2 fully saturated rings. The Morgan fingerprint density at radius 2 is 1.81 bits per heavy atom. The highest BCUT2D eigenvalue weighted by Crippen LogP contribution is 2.27. The number of likely N-dealkylation sites (tertiary alicyclic amines) is 1. The standard InChI is InChI=1S/C39H55FN6O6/c1-28(8-10-37(29(2)7-9-35(49)12-20-47)52-39(51)45-15-11-33(25-45)42(4)5)36(27-48)30(3)21-31-22-32(40)24-34(23-31)43-16-18-44(19-17-43)38(50)26-46-14-6-13-41-46/h6,8,10,13-14,20-24,27-29,33,35-37,49H,7,9,11-12,15-19,25-26H2,1-5H3/b10-8+,30-21+/t28-,29-,33-,35+,36-,37-/m0/s1. The van der Waals surface area contributed by atoms with Gasteiger partial charge in [-0.05, 0) is 88.0 Å². The Labute approximate surface area is 306 Å². The minimum absolute atomic E-state index is 0.0121. The summed E-state index contributed by atoms with van der Waals surface area (Å²) < 4.78 is 22.5. The van der Waals surface area contributed by atoms with Crippen LogP contribution in [0, 0.1) is 23.6 Å². The van der Waals surface area contributed by atoms with Crippen LogP contribution >= 0.6 is 0 Å². The van der Waals surface area contributed by atoms with Crippen molar-refractivity contribution in [2.75, 3.05) is 58.3 Å². The lowest BCUT2D eigenvalue weighted by Crippen LogP contribution is -2.49. The number of aldehydes is 2. The molecule has 0 saturated carbocycles. The van der Waals surface area contributed by atoms with E-state index in [9.17, 15) is 28.7 Å². The molecule has 2 aromatic rings. The molecule has 2 amide bonds. The summed E-state index contributed by atoms with van der Waals surface area (Å²) in [4.78, 5) is 56.9. The third-order valence-corrected chi connectivity index (χ3v) is 10.3. The number of hydrogen-bond acceptors (Lipinski definition) is 9. The molecule has 1 aromatic heterocycles. The number of rotatable bonds is 17. The number of halogens is 1. The predicted molar refractivity (Wildman–Crippen MR) is 198 cm³/mol. The number of carbonyl (C=O) groups is 4.